The number of methoxy groups -OCH3 is 1. The molecule has 4 rings (SSSR count). The van der Waals surface area contributed by atoms with Gasteiger partial charge >= 0.3 is 5.97 Å². The number of nitrogens with zero attached hydrogens (tertiary/aromatic N) is 2. The molecule has 2 aromatic carbocycles. The van der Waals surface area contributed by atoms with Crippen molar-refractivity contribution in [1.29, 1.82) is 0 Å². The van der Waals surface area contributed by atoms with Gasteiger partial charge in [0.15, 0.2) is 0 Å². The number of benzene rings is 2. The van der Waals surface area contributed by atoms with E-state index in [1.807, 2.05) is 41.3 Å². The molecule has 1 saturated heterocycles. The topological polar surface area (TPSA) is 61.9 Å². The van der Waals surface area contributed by atoms with Gasteiger partial charge in [0.2, 0.25) is 5.91 Å². The molecule has 1 N–H and O–H groups in total. The highest BCUT2D eigenvalue weighted by Gasteiger charge is 2.33. The molecule has 30 heavy (non-hydrogen) atoms. The van der Waals surface area contributed by atoms with Gasteiger partial charge in [0.05, 0.1) is 13.7 Å². The van der Waals surface area contributed by atoms with Gasteiger partial charge in [-0.25, -0.2) is 0 Å². The molecule has 2 aromatic rings. The van der Waals surface area contributed by atoms with Crippen LogP contribution in [-0.4, -0.2) is 49.6 Å². The second-order valence-corrected chi connectivity index (χ2v) is 8.06. The number of fused-ring (bicyclic) bond motifs is 1. The number of carbonyl (C=O) groups excluding carboxylic acids is 2. The Balaban J connectivity index is 1.40. The highest BCUT2D eigenvalue weighted by molar-refractivity contribution is 5.93. The third-order valence-corrected chi connectivity index (χ3v) is 6.04. The summed E-state index contributed by atoms with van der Waals surface area (Å²) in [5.41, 5.74) is 4.26. The van der Waals surface area contributed by atoms with Crippen LogP contribution >= 0.6 is 0 Å². The van der Waals surface area contributed by atoms with Crippen molar-refractivity contribution in [3.8, 4) is 0 Å². The zero-order valence-electron chi connectivity index (χ0n) is 17.5. The minimum Gasteiger partial charge on any atom is -0.468 e. The molecular formula is C24H29N3O3. The summed E-state index contributed by atoms with van der Waals surface area (Å²) in [4.78, 5) is 29.3. The molecular weight excluding hydrogens is 378 g/mol. The van der Waals surface area contributed by atoms with Gasteiger partial charge in [-0.2, -0.15) is 0 Å². The van der Waals surface area contributed by atoms with E-state index in [2.05, 4.69) is 22.3 Å². The molecule has 0 bridgehead atoms. The molecule has 1 fully saturated rings. The van der Waals surface area contributed by atoms with Crippen LogP contribution in [0.5, 0.6) is 0 Å². The predicted molar refractivity (Wildman–Crippen MR) is 117 cm³/mol. The Morgan fingerprint density at radius 1 is 1.00 bits per heavy atom. The van der Waals surface area contributed by atoms with Crippen molar-refractivity contribution in [2.75, 3.05) is 37.0 Å². The summed E-state index contributed by atoms with van der Waals surface area (Å²) in [6.07, 6.45) is 4.33. The van der Waals surface area contributed by atoms with Crippen molar-refractivity contribution in [3.05, 3.63) is 59.7 Å². The highest BCUT2D eigenvalue weighted by atomic mass is 16.5. The monoisotopic (exact) mass is 407 g/mol. The van der Waals surface area contributed by atoms with Gasteiger partial charge in [0, 0.05) is 31.0 Å². The van der Waals surface area contributed by atoms with E-state index in [1.165, 1.54) is 32.1 Å². The molecule has 6 nitrogen and oxygen atoms in total. The smallest absolute Gasteiger partial charge is 0.323 e. The quantitative estimate of drug-likeness (QED) is 0.771. The lowest BCUT2D eigenvalue weighted by atomic mass is 9.94. The van der Waals surface area contributed by atoms with E-state index >= 15 is 0 Å². The normalized spacial score (nSPS) is 19.1. The number of esters is 1. The van der Waals surface area contributed by atoms with Gasteiger partial charge in [-0.05, 0) is 61.1 Å². The van der Waals surface area contributed by atoms with Gasteiger partial charge in [-0.3, -0.25) is 14.5 Å². The van der Waals surface area contributed by atoms with Crippen LogP contribution in [0.4, 0.5) is 11.4 Å². The molecule has 0 aromatic heterocycles. The van der Waals surface area contributed by atoms with E-state index < -0.39 is 6.04 Å². The van der Waals surface area contributed by atoms with Gasteiger partial charge in [-0.1, -0.05) is 24.3 Å². The number of anilines is 2. The summed E-state index contributed by atoms with van der Waals surface area (Å²) in [7, 11) is 1.39. The summed E-state index contributed by atoms with van der Waals surface area (Å²) in [6, 6.07) is 15.6. The van der Waals surface area contributed by atoms with Crippen LogP contribution in [0.1, 0.15) is 30.4 Å². The standard InChI is InChI=1S/C24H29N3O3/c1-30-24(29)22-15-18-7-3-4-8-19(18)16-27(22)17-23(28)25-20-9-11-21(12-10-20)26-13-5-2-6-14-26/h3-4,7-12,22H,2,5-6,13-17H2,1H3,(H,25,28)/t22-/m0/s1. The Morgan fingerprint density at radius 3 is 2.40 bits per heavy atom. The van der Waals surface area contributed by atoms with Crippen molar-refractivity contribution in [2.45, 2.75) is 38.3 Å². The summed E-state index contributed by atoms with van der Waals surface area (Å²) in [5, 5.41) is 2.97. The molecule has 0 aliphatic carbocycles. The van der Waals surface area contributed by atoms with Crippen LogP contribution in [0.2, 0.25) is 0 Å². The van der Waals surface area contributed by atoms with Crippen LogP contribution in [-0.2, 0) is 27.3 Å². The molecule has 1 amide bonds. The Hall–Kier alpha value is -2.86. The number of piperidine rings is 1. The Kier molecular flexibility index (Phi) is 6.33. The Bertz CT molecular complexity index is 891. The first-order valence-corrected chi connectivity index (χ1v) is 10.7. The molecule has 6 heteroatoms. The average molecular weight is 408 g/mol. The van der Waals surface area contributed by atoms with Crippen LogP contribution in [0.15, 0.2) is 48.5 Å². The summed E-state index contributed by atoms with van der Waals surface area (Å²) in [6.45, 7) is 2.88. The molecule has 0 spiro atoms. The number of hydrogen-bond donors (Lipinski definition) is 1. The first-order chi connectivity index (χ1) is 14.6. The fourth-order valence-electron chi connectivity index (χ4n) is 4.40. The van der Waals surface area contributed by atoms with Gasteiger partial charge in [-0.15, -0.1) is 0 Å². The minimum atomic E-state index is -0.447. The second-order valence-electron chi connectivity index (χ2n) is 8.06. The van der Waals surface area contributed by atoms with Crippen molar-refractivity contribution in [3.63, 3.8) is 0 Å². The molecule has 0 unspecified atom stereocenters. The van der Waals surface area contributed by atoms with Crippen molar-refractivity contribution in [1.82, 2.24) is 4.90 Å². The third kappa shape index (κ3) is 4.65. The second kappa shape index (κ2) is 9.30. The molecule has 158 valence electrons. The predicted octanol–water partition coefficient (Wildman–Crippen LogP) is 3.22. The number of ether oxygens (including phenoxy) is 1. The number of amides is 1. The van der Waals surface area contributed by atoms with Gasteiger partial charge in [0.25, 0.3) is 0 Å². The van der Waals surface area contributed by atoms with E-state index in [9.17, 15) is 9.59 Å². The van der Waals surface area contributed by atoms with Crippen LogP contribution in [0.3, 0.4) is 0 Å². The lowest BCUT2D eigenvalue weighted by Gasteiger charge is -2.34. The molecule has 0 saturated carbocycles. The fourth-order valence-corrected chi connectivity index (χ4v) is 4.40. The van der Waals surface area contributed by atoms with E-state index in [0.29, 0.717) is 13.0 Å². The molecule has 2 aliphatic heterocycles. The molecule has 0 radical (unpaired) electrons. The summed E-state index contributed by atoms with van der Waals surface area (Å²) < 4.78 is 4.99. The number of rotatable bonds is 5. The van der Waals surface area contributed by atoms with Crippen LogP contribution in [0, 0.1) is 0 Å². The largest absolute Gasteiger partial charge is 0.468 e. The first kappa shape index (κ1) is 20.4. The van der Waals surface area contributed by atoms with Crippen molar-refractivity contribution >= 4 is 23.3 Å². The van der Waals surface area contributed by atoms with E-state index in [0.717, 1.165) is 29.9 Å². The van der Waals surface area contributed by atoms with Gasteiger partial charge < -0.3 is 15.0 Å². The van der Waals surface area contributed by atoms with Crippen molar-refractivity contribution in [2.24, 2.45) is 0 Å². The van der Waals surface area contributed by atoms with E-state index in [1.54, 1.807) is 0 Å². The average Bonchev–Trinajstić information content (AvgIpc) is 2.79. The Labute approximate surface area is 177 Å². The molecule has 1 atom stereocenters. The highest BCUT2D eigenvalue weighted by Crippen LogP contribution is 2.25. The maximum Gasteiger partial charge on any atom is 0.323 e. The first-order valence-electron chi connectivity index (χ1n) is 10.7. The SMILES string of the molecule is COC(=O)[C@@H]1Cc2ccccc2CN1CC(=O)Nc1ccc(N2CCCCC2)cc1. The van der Waals surface area contributed by atoms with E-state index in [4.69, 9.17) is 4.74 Å². The maximum atomic E-state index is 12.7. The maximum absolute atomic E-state index is 12.7. The summed E-state index contributed by atoms with van der Waals surface area (Å²) >= 11 is 0. The van der Waals surface area contributed by atoms with E-state index in [-0.39, 0.29) is 18.4 Å². The number of nitrogens with one attached hydrogen (secondary N) is 1. The fraction of sp³-hybridized carbons (Fsp3) is 0.417. The van der Waals surface area contributed by atoms with Gasteiger partial charge in [0.1, 0.15) is 6.04 Å². The lowest BCUT2D eigenvalue weighted by molar-refractivity contribution is -0.148. The summed E-state index contributed by atoms with van der Waals surface area (Å²) in [5.74, 6) is -0.433. The zero-order valence-corrected chi connectivity index (χ0v) is 17.5. The number of hydrogen-bond acceptors (Lipinski definition) is 5. The van der Waals surface area contributed by atoms with Crippen LogP contribution in [0.25, 0.3) is 0 Å². The molecule has 2 aliphatic rings. The molecule has 2 heterocycles. The van der Waals surface area contributed by atoms with Crippen molar-refractivity contribution < 1.29 is 14.3 Å². The number of carbonyl (C=O) groups is 2. The Morgan fingerprint density at radius 2 is 1.70 bits per heavy atom. The third-order valence-electron chi connectivity index (χ3n) is 6.04. The van der Waals surface area contributed by atoms with Crippen LogP contribution < -0.4 is 10.2 Å². The zero-order chi connectivity index (χ0) is 20.9. The minimum absolute atomic E-state index is 0.131. The lowest BCUT2D eigenvalue weighted by Crippen LogP contribution is -2.49.